The van der Waals surface area contributed by atoms with Gasteiger partial charge in [0, 0.05) is 5.56 Å². The molecule has 1 aliphatic rings. The highest BCUT2D eigenvalue weighted by Gasteiger charge is 2.35. The van der Waals surface area contributed by atoms with Gasteiger partial charge in [0.2, 0.25) is 0 Å². The Balaban J connectivity index is 2.24. The Morgan fingerprint density at radius 2 is 1.71 bits per heavy atom. The Morgan fingerprint density at radius 1 is 1.14 bits per heavy atom. The molecule has 1 nitrogen and oxygen atoms in total. The summed E-state index contributed by atoms with van der Waals surface area (Å²) in [4.78, 5) is 12.0. The zero-order valence-electron chi connectivity index (χ0n) is 8.20. The number of ketones is 1. The fourth-order valence-corrected chi connectivity index (χ4v) is 2.11. The number of hydrogen-bond acceptors (Lipinski definition) is 1. The Hall–Kier alpha value is -1.05. The number of rotatable bonds is 2. The quantitative estimate of drug-likeness (QED) is 0.510. The largest absolute Gasteiger partial charge is 0.294 e. The molecule has 0 saturated heterocycles. The van der Waals surface area contributed by atoms with Crippen LogP contribution in [0.3, 0.4) is 0 Å². The lowest BCUT2D eigenvalue weighted by Gasteiger charge is -2.22. The first-order valence-electron chi connectivity index (χ1n) is 5.11. The highest BCUT2D eigenvalue weighted by molar-refractivity contribution is 6.32. The normalized spacial score (nSPS) is 19.4. The Bertz CT molecular complexity index is 325. The lowest BCUT2D eigenvalue weighted by molar-refractivity contribution is 0.0935. The van der Waals surface area contributed by atoms with Gasteiger partial charge >= 0.3 is 0 Å². The molecule has 14 heavy (non-hydrogen) atoms. The van der Waals surface area contributed by atoms with Crippen molar-refractivity contribution in [1.29, 1.82) is 0 Å². The molecule has 2 radical (unpaired) electrons. The van der Waals surface area contributed by atoms with Gasteiger partial charge in [-0.2, -0.15) is 0 Å². The van der Waals surface area contributed by atoms with Crippen LogP contribution in [0.25, 0.3) is 0 Å². The molecule has 0 bridgehead atoms. The van der Waals surface area contributed by atoms with Crippen molar-refractivity contribution < 1.29 is 4.79 Å². The van der Waals surface area contributed by atoms with Gasteiger partial charge in [-0.1, -0.05) is 43.2 Å². The molecule has 2 rings (SSSR count). The summed E-state index contributed by atoms with van der Waals surface area (Å²) < 4.78 is 0. The number of Topliss-reactive ketones (excluding diaryl/α,β-unsaturated/α-hetero) is 1. The van der Waals surface area contributed by atoms with E-state index < -0.39 is 5.31 Å². The third kappa shape index (κ3) is 1.61. The first-order valence-corrected chi connectivity index (χ1v) is 5.11. The molecule has 0 amide bonds. The molecule has 1 aromatic rings. The van der Waals surface area contributed by atoms with Crippen molar-refractivity contribution in [2.24, 2.45) is 0 Å². The van der Waals surface area contributed by atoms with Crippen molar-refractivity contribution in [2.45, 2.75) is 31.0 Å². The predicted molar refractivity (Wildman–Crippen MR) is 57.7 cm³/mol. The third-order valence-corrected chi connectivity index (χ3v) is 2.98. The molecule has 0 atom stereocenters. The summed E-state index contributed by atoms with van der Waals surface area (Å²) in [6, 6.07) is 9.36. The van der Waals surface area contributed by atoms with Gasteiger partial charge in [-0.25, -0.2) is 0 Å². The summed E-state index contributed by atoms with van der Waals surface area (Å²) in [6.45, 7) is 0. The van der Waals surface area contributed by atoms with Gasteiger partial charge in [-0.05, 0) is 18.2 Å². The fourth-order valence-electron chi connectivity index (χ4n) is 2.11. The fraction of sp³-hybridized carbons (Fsp3) is 0.417. The van der Waals surface area contributed by atoms with Crippen LogP contribution in [0.15, 0.2) is 30.3 Å². The number of carbonyl (C=O) groups excluding carboxylic acids is 1. The average molecular weight is 184 g/mol. The van der Waals surface area contributed by atoms with Crippen LogP contribution in [0.5, 0.6) is 0 Å². The topological polar surface area (TPSA) is 17.1 Å². The van der Waals surface area contributed by atoms with Crippen LogP contribution in [0, 0.1) is 0 Å². The molecule has 1 saturated carbocycles. The van der Waals surface area contributed by atoms with Crippen LogP contribution in [-0.2, 0) is 0 Å². The first-order chi connectivity index (χ1) is 6.72. The van der Waals surface area contributed by atoms with E-state index in [1.165, 1.54) is 0 Å². The molecule has 0 N–H and O–H groups in total. The van der Waals surface area contributed by atoms with Crippen LogP contribution in [-0.4, -0.2) is 13.6 Å². The van der Waals surface area contributed by atoms with Crippen molar-refractivity contribution >= 4 is 13.6 Å². The molecule has 0 unspecified atom stereocenters. The zero-order valence-corrected chi connectivity index (χ0v) is 8.20. The van der Waals surface area contributed by atoms with E-state index in [4.69, 9.17) is 7.85 Å². The number of hydrogen-bond donors (Lipinski definition) is 0. The second-order valence-corrected chi connectivity index (χ2v) is 4.06. The van der Waals surface area contributed by atoms with Gasteiger partial charge in [0.15, 0.2) is 5.78 Å². The minimum atomic E-state index is -0.582. The lowest BCUT2D eigenvalue weighted by atomic mass is 9.63. The lowest BCUT2D eigenvalue weighted by Crippen LogP contribution is -2.20. The van der Waals surface area contributed by atoms with Gasteiger partial charge in [-0.15, -0.1) is 0 Å². The maximum absolute atomic E-state index is 12.0. The highest BCUT2D eigenvalue weighted by Crippen LogP contribution is 2.44. The maximum atomic E-state index is 12.0. The molecule has 0 heterocycles. The van der Waals surface area contributed by atoms with E-state index in [1.54, 1.807) is 0 Å². The van der Waals surface area contributed by atoms with Gasteiger partial charge in [0.1, 0.15) is 0 Å². The Kier molecular flexibility index (Phi) is 2.45. The predicted octanol–water partition coefficient (Wildman–Crippen LogP) is 2.77. The summed E-state index contributed by atoms with van der Waals surface area (Å²) in [5.74, 6) is 0.107. The van der Waals surface area contributed by atoms with Crippen LogP contribution in [0.1, 0.15) is 36.0 Å². The SMILES string of the molecule is [B]C1(C(=O)c2ccccc2)CCCC1. The molecule has 1 fully saturated rings. The number of benzene rings is 1. The second kappa shape index (κ2) is 3.60. The zero-order chi connectivity index (χ0) is 10.0. The molecule has 0 spiro atoms. The van der Waals surface area contributed by atoms with Crippen molar-refractivity contribution in [3.8, 4) is 0 Å². The van der Waals surface area contributed by atoms with Gasteiger partial charge in [0.25, 0.3) is 0 Å². The molecule has 0 aliphatic heterocycles. The Labute approximate surface area is 85.9 Å². The second-order valence-electron chi connectivity index (χ2n) is 4.06. The maximum Gasteiger partial charge on any atom is 0.160 e. The van der Waals surface area contributed by atoms with E-state index in [2.05, 4.69) is 0 Å². The van der Waals surface area contributed by atoms with Crippen molar-refractivity contribution in [3.05, 3.63) is 35.9 Å². The van der Waals surface area contributed by atoms with E-state index in [0.717, 1.165) is 31.2 Å². The summed E-state index contributed by atoms with van der Waals surface area (Å²) in [6.07, 6.45) is 3.83. The molecular formula is C12H13BO. The molecule has 2 heteroatoms. The van der Waals surface area contributed by atoms with Crippen LogP contribution < -0.4 is 0 Å². The molecule has 70 valence electrons. The third-order valence-electron chi connectivity index (χ3n) is 2.98. The average Bonchev–Trinajstić information content (AvgIpc) is 2.67. The van der Waals surface area contributed by atoms with E-state index in [-0.39, 0.29) is 5.78 Å². The minimum Gasteiger partial charge on any atom is -0.294 e. The highest BCUT2D eigenvalue weighted by atomic mass is 16.1. The molecule has 1 aromatic carbocycles. The summed E-state index contributed by atoms with van der Waals surface area (Å²) >= 11 is 0. The van der Waals surface area contributed by atoms with E-state index >= 15 is 0 Å². The molecular weight excluding hydrogens is 171 g/mol. The Morgan fingerprint density at radius 3 is 2.29 bits per heavy atom. The van der Waals surface area contributed by atoms with Gasteiger partial charge < -0.3 is 0 Å². The summed E-state index contributed by atoms with van der Waals surface area (Å²) in [7, 11) is 6.09. The van der Waals surface area contributed by atoms with Gasteiger partial charge in [-0.3, -0.25) is 4.79 Å². The number of carbonyl (C=O) groups is 1. The van der Waals surface area contributed by atoms with Gasteiger partial charge in [0.05, 0.1) is 7.85 Å². The monoisotopic (exact) mass is 184 g/mol. The summed E-state index contributed by atoms with van der Waals surface area (Å²) in [5.41, 5.74) is 0.747. The van der Waals surface area contributed by atoms with E-state index in [0.29, 0.717) is 0 Å². The molecule has 0 aromatic heterocycles. The van der Waals surface area contributed by atoms with Crippen LogP contribution in [0.2, 0.25) is 5.31 Å². The van der Waals surface area contributed by atoms with E-state index in [9.17, 15) is 4.79 Å². The van der Waals surface area contributed by atoms with Crippen LogP contribution in [0.4, 0.5) is 0 Å². The van der Waals surface area contributed by atoms with E-state index in [1.807, 2.05) is 30.3 Å². The summed E-state index contributed by atoms with van der Waals surface area (Å²) in [5, 5.41) is -0.582. The van der Waals surface area contributed by atoms with Crippen molar-refractivity contribution in [2.75, 3.05) is 0 Å². The standard InChI is InChI=1S/C12H13BO/c13-12(8-4-5-9-12)11(14)10-6-2-1-3-7-10/h1-3,6-7H,4-5,8-9H2. The van der Waals surface area contributed by atoms with Crippen molar-refractivity contribution in [1.82, 2.24) is 0 Å². The smallest absolute Gasteiger partial charge is 0.160 e. The van der Waals surface area contributed by atoms with Crippen LogP contribution >= 0.6 is 0 Å². The molecule has 1 aliphatic carbocycles. The minimum absolute atomic E-state index is 0.107. The van der Waals surface area contributed by atoms with Crippen molar-refractivity contribution in [3.63, 3.8) is 0 Å². The first kappa shape index (κ1) is 9.51.